The molecule has 0 saturated heterocycles. The van der Waals surface area contributed by atoms with Gasteiger partial charge >= 0.3 is 0 Å². The summed E-state index contributed by atoms with van der Waals surface area (Å²) >= 11 is 1.32. The first-order chi connectivity index (χ1) is 14.0. The van der Waals surface area contributed by atoms with Crippen LogP contribution in [0, 0.1) is 25.2 Å². The van der Waals surface area contributed by atoms with Crippen LogP contribution in [0.25, 0.3) is 0 Å². The van der Waals surface area contributed by atoms with Crippen LogP contribution in [0.15, 0.2) is 71.8 Å². The first-order valence-corrected chi connectivity index (χ1v) is 10.4. The molecule has 0 aliphatic heterocycles. The molecule has 0 aliphatic rings. The second-order valence-corrected chi connectivity index (χ2v) is 7.85. The van der Waals surface area contributed by atoms with Crippen molar-refractivity contribution in [2.24, 2.45) is 0 Å². The number of aryl methyl sites for hydroxylation is 2. The number of hydrogen-bond acceptors (Lipinski definition) is 4. The molecule has 0 aliphatic carbocycles. The molecule has 2 aromatic carbocycles. The summed E-state index contributed by atoms with van der Waals surface area (Å²) in [5.74, 6) is 0.203. The molecule has 0 atom stereocenters. The van der Waals surface area contributed by atoms with Crippen molar-refractivity contribution >= 4 is 17.7 Å². The number of aromatic nitrogens is 1. The predicted molar refractivity (Wildman–Crippen MR) is 117 cm³/mol. The predicted octanol–water partition coefficient (Wildman–Crippen LogP) is 4.91. The minimum atomic E-state index is -0.173. The highest BCUT2D eigenvalue weighted by atomic mass is 32.2. The summed E-state index contributed by atoms with van der Waals surface area (Å²) in [7, 11) is 1.83. The minimum absolute atomic E-state index is 0.0162. The van der Waals surface area contributed by atoms with Crippen LogP contribution in [0.4, 0.5) is 0 Å². The lowest BCUT2D eigenvalue weighted by atomic mass is 9.97. The Hall–Kier alpha value is -3.10. The van der Waals surface area contributed by atoms with E-state index >= 15 is 0 Å². The SMILES string of the molecule is Cc1cc(C)c(C#N)c(SCC(=O)N(C)C(c2ccccc2)c2ccccc2)n1. The first kappa shape index (κ1) is 20.6. The molecule has 3 rings (SSSR count). The molecule has 3 aromatic rings. The van der Waals surface area contributed by atoms with Gasteiger partial charge in [0.25, 0.3) is 0 Å². The van der Waals surface area contributed by atoms with E-state index < -0.39 is 0 Å². The maximum atomic E-state index is 13.1. The van der Waals surface area contributed by atoms with Crippen LogP contribution < -0.4 is 0 Å². The molecule has 0 N–H and O–H groups in total. The molecule has 146 valence electrons. The van der Waals surface area contributed by atoms with Crippen LogP contribution in [0.1, 0.15) is 34.0 Å². The Balaban J connectivity index is 1.83. The van der Waals surface area contributed by atoms with E-state index in [1.807, 2.05) is 87.6 Å². The smallest absolute Gasteiger partial charge is 0.233 e. The zero-order chi connectivity index (χ0) is 20.8. The molecule has 1 amide bonds. The number of amides is 1. The lowest BCUT2D eigenvalue weighted by Crippen LogP contribution is -2.33. The van der Waals surface area contributed by atoms with Crippen LogP contribution in [-0.2, 0) is 4.79 Å². The van der Waals surface area contributed by atoms with E-state index in [1.165, 1.54) is 11.8 Å². The third kappa shape index (κ3) is 4.85. The molecular weight excluding hydrogens is 378 g/mol. The number of hydrogen-bond donors (Lipinski definition) is 0. The molecule has 0 saturated carbocycles. The Labute approximate surface area is 176 Å². The largest absolute Gasteiger partial charge is 0.334 e. The zero-order valence-electron chi connectivity index (χ0n) is 16.8. The molecule has 0 unspecified atom stereocenters. The molecule has 0 fully saturated rings. The van der Waals surface area contributed by atoms with Crippen molar-refractivity contribution in [2.75, 3.05) is 12.8 Å². The van der Waals surface area contributed by atoms with E-state index in [4.69, 9.17) is 0 Å². The van der Waals surface area contributed by atoms with E-state index in [1.54, 1.807) is 4.90 Å². The first-order valence-electron chi connectivity index (χ1n) is 9.38. The number of pyridine rings is 1. The lowest BCUT2D eigenvalue weighted by Gasteiger charge is -2.29. The van der Waals surface area contributed by atoms with Gasteiger partial charge in [-0.1, -0.05) is 72.4 Å². The number of rotatable bonds is 6. The maximum Gasteiger partial charge on any atom is 0.233 e. The molecule has 4 nitrogen and oxygen atoms in total. The topological polar surface area (TPSA) is 57.0 Å². The van der Waals surface area contributed by atoms with Gasteiger partial charge in [0.05, 0.1) is 17.4 Å². The summed E-state index contributed by atoms with van der Waals surface area (Å²) in [5.41, 5.74) is 4.38. The number of carbonyl (C=O) groups is 1. The fourth-order valence-electron chi connectivity index (χ4n) is 3.33. The van der Waals surface area contributed by atoms with Crippen molar-refractivity contribution in [3.05, 3.63) is 94.7 Å². The van der Waals surface area contributed by atoms with Gasteiger partial charge in [-0.15, -0.1) is 0 Å². The van der Waals surface area contributed by atoms with Crippen molar-refractivity contribution in [3.63, 3.8) is 0 Å². The highest BCUT2D eigenvalue weighted by Gasteiger charge is 2.24. The summed E-state index contributed by atoms with van der Waals surface area (Å²) < 4.78 is 0. The van der Waals surface area contributed by atoms with Crippen LogP contribution in [-0.4, -0.2) is 28.6 Å². The van der Waals surface area contributed by atoms with E-state index in [2.05, 4.69) is 11.1 Å². The Morgan fingerprint density at radius 3 is 2.14 bits per heavy atom. The Morgan fingerprint density at radius 2 is 1.62 bits per heavy atom. The number of benzene rings is 2. The monoisotopic (exact) mass is 401 g/mol. The Bertz CT molecular complexity index is 990. The lowest BCUT2D eigenvalue weighted by molar-refractivity contribution is -0.128. The van der Waals surface area contributed by atoms with Crippen molar-refractivity contribution in [2.45, 2.75) is 24.9 Å². The number of nitriles is 1. The van der Waals surface area contributed by atoms with Gasteiger partial charge < -0.3 is 4.90 Å². The summed E-state index contributed by atoms with van der Waals surface area (Å²) in [6.45, 7) is 3.79. The normalized spacial score (nSPS) is 10.6. The molecular formula is C24H23N3OS. The zero-order valence-corrected chi connectivity index (χ0v) is 17.6. The minimum Gasteiger partial charge on any atom is -0.334 e. The van der Waals surface area contributed by atoms with Crippen molar-refractivity contribution in [3.8, 4) is 6.07 Å². The summed E-state index contributed by atoms with van der Waals surface area (Å²) in [6, 6.07) is 23.9. The van der Waals surface area contributed by atoms with Crippen molar-refractivity contribution in [1.82, 2.24) is 9.88 Å². The van der Waals surface area contributed by atoms with Gasteiger partial charge in [0.15, 0.2) is 0 Å². The molecule has 0 bridgehead atoms. The summed E-state index contributed by atoms with van der Waals surface area (Å²) in [5, 5.41) is 10.1. The number of nitrogens with zero attached hydrogens (tertiary/aromatic N) is 3. The second kappa shape index (κ2) is 9.40. The van der Waals surface area contributed by atoms with Gasteiger partial charge in [0.2, 0.25) is 5.91 Å². The second-order valence-electron chi connectivity index (χ2n) is 6.89. The maximum absolute atomic E-state index is 13.1. The molecule has 0 spiro atoms. The molecule has 0 radical (unpaired) electrons. The van der Waals surface area contributed by atoms with Gasteiger partial charge in [-0.25, -0.2) is 4.98 Å². The molecule has 5 heteroatoms. The molecule has 1 aromatic heterocycles. The Kier molecular flexibility index (Phi) is 6.69. The summed E-state index contributed by atoms with van der Waals surface area (Å²) in [4.78, 5) is 19.3. The third-order valence-corrected chi connectivity index (χ3v) is 5.73. The molecule has 29 heavy (non-hydrogen) atoms. The third-order valence-electron chi connectivity index (χ3n) is 4.77. The van der Waals surface area contributed by atoms with E-state index in [0.717, 1.165) is 22.4 Å². The number of carbonyl (C=O) groups excluding carboxylic acids is 1. The van der Waals surface area contributed by atoms with Crippen LogP contribution in [0.3, 0.4) is 0 Å². The quantitative estimate of drug-likeness (QED) is 0.551. The highest BCUT2D eigenvalue weighted by Crippen LogP contribution is 2.29. The van der Waals surface area contributed by atoms with Crippen LogP contribution >= 0.6 is 11.8 Å². The standard InChI is InChI=1S/C24H23N3OS/c1-17-14-18(2)26-24(21(17)15-25)29-16-22(28)27(3)23(19-10-6-4-7-11-19)20-12-8-5-9-13-20/h4-14,23H,16H2,1-3H3. The van der Waals surface area contributed by atoms with Gasteiger partial charge in [0, 0.05) is 12.7 Å². The average Bonchev–Trinajstić information content (AvgIpc) is 2.73. The van der Waals surface area contributed by atoms with Gasteiger partial charge in [-0.3, -0.25) is 4.79 Å². The molecule has 1 heterocycles. The fraction of sp³-hybridized carbons (Fsp3) is 0.208. The highest BCUT2D eigenvalue weighted by molar-refractivity contribution is 8.00. The number of thioether (sulfide) groups is 1. The van der Waals surface area contributed by atoms with Gasteiger partial charge in [0.1, 0.15) is 11.1 Å². The Morgan fingerprint density at radius 1 is 1.07 bits per heavy atom. The van der Waals surface area contributed by atoms with E-state index in [0.29, 0.717) is 10.6 Å². The van der Waals surface area contributed by atoms with Crippen molar-refractivity contribution in [1.29, 1.82) is 5.26 Å². The van der Waals surface area contributed by atoms with E-state index in [-0.39, 0.29) is 17.7 Å². The van der Waals surface area contributed by atoms with Crippen LogP contribution in [0.5, 0.6) is 0 Å². The van der Waals surface area contributed by atoms with Gasteiger partial charge in [-0.2, -0.15) is 5.26 Å². The van der Waals surface area contributed by atoms with Crippen molar-refractivity contribution < 1.29 is 4.79 Å². The van der Waals surface area contributed by atoms with Crippen LogP contribution in [0.2, 0.25) is 0 Å². The van der Waals surface area contributed by atoms with E-state index in [9.17, 15) is 10.1 Å². The van der Waals surface area contributed by atoms with Gasteiger partial charge in [-0.05, 0) is 36.6 Å². The average molecular weight is 402 g/mol. The fourth-order valence-corrected chi connectivity index (χ4v) is 4.35. The summed E-state index contributed by atoms with van der Waals surface area (Å²) in [6.07, 6.45) is 0.